The van der Waals surface area contributed by atoms with Gasteiger partial charge < -0.3 is 11.5 Å². The first-order chi connectivity index (χ1) is 3.91. The van der Waals surface area contributed by atoms with Crippen molar-refractivity contribution in [1.82, 2.24) is 0 Å². The van der Waals surface area contributed by atoms with Crippen molar-refractivity contribution < 1.29 is 37.9 Å². The van der Waals surface area contributed by atoms with Gasteiger partial charge in [0.1, 0.15) is 0 Å². The van der Waals surface area contributed by atoms with Gasteiger partial charge in [0.15, 0.2) is 0 Å². The Labute approximate surface area is 73.2 Å². The molecule has 8 heteroatoms. The molecule has 0 unspecified atom stereocenters. The van der Waals surface area contributed by atoms with E-state index in [1.165, 1.54) is 0 Å². The summed E-state index contributed by atoms with van der Waals surface area (Å²) in [5, 5.41) is 0. The largest absolute Gasteiger partial charge is 0.394 e. The molecule has 0 aromatic carbocycles. The zero-order valence-corrected chi connectivity index (χ0v) is 7.38. The van der Waals surface area contributed by atoms with Crippen LogP contribution in [0, 0.1) is 0 Å². The Bertz CT molecular complexity index is 124. The SMILES string of the molecule is NCCN.O=S(=O)(O)O.[Pd]. The molecule has 10 heavy (non-hydrogen) atoms. The van der Waals surface area contributed by atoms with E-state index in [1.54, 1.807) is 0 Å². The molecule has 0 fully saturated rings. The Morgan fingerprint density at radius 3 is 1.20 bits per heavy atom. The van der Waals surface area contributed by atoms with E-state index in [4.69, 9.17) is 29.0 Å². The molecule has 0 amide bonds. The second kappa shape index (κ2) is 9.45. The minimum Gasteiger partial charge on any atom is -0.329 e. The molecule has 6 nitrogen and oxygen atoms in total. The Balaban J connectivity index is -0.0000000910. The summed E-state index contributed by atoms with van der Waals surface area (Å²) in [6, 6.07) is 0. The molecule has 6 N–H and O–H groups in total. The van der Waals surface area contributed by atoms with Crippen LogP contribution in [-0.2, 0) is 30.8 Å². The number of hydrogen-bond acceptors (Lipinski definition) is 4. The van der Waals surface area contributed by atoms with Crippen LogP contribution in [0.25, 0.3) is 0 Å². The van der Waals surface area contributed by atoms with Crippen LogP contribution in [0.2, 0.25) is 0 Å². The van der Waals surface area contributed by atoms with Crippen molar-refractivity contribution in [2.75, 3.05) is 13.1 Å². The maximum absolute atomic E-state index is 8.74. The maximum Gasteiger partial charge on any atom is 0.394 e. The molecule has 0 radical (unpaired) electrons. The minimum atomic E-state index is -4.67. The van der Waals surface area contributed by atoms with E-state index in [-0.39, 0.29) is 20.4 Å². The van der Waals surface area contributed by atoms with Crippen molar-refractivity contribution in [1.29, 1.82) is 0 Å². The summed E-state index contributed by atoms with van der Waals surface area (Å²) in [5.41, 5.74) is 9.81. The second-order valence-electron chi connectivity index (χ2n) is 1.03. The van der Waals surface area contributed by atoms with E-state index in [1.807, 2.05) is 0 Å². The van der Waals surface area contributed by atoms with Gasteiger partial charge in [-0.25, -0.2) is 0 Å². The Hall–Kier alpha value is 0.452. The number of nitrogens with two attached hydrogens (primary N) is 2. The summed E-state index contributed by atoms with van der Waals surface area (Å²) in [7, 11) is -4.67. The van der Waals surface area contributed by atoms with Crippen molar-refractivity contribution in [3.05, 3.63) is 0 Å². The van der Waals surface area contributed by atoms with Crippen molar-refractivity contribution >= 4 is 10.4 Å². The van der Waals surface area contributed by atoms with Gasteiger partial charge in [-0.05, 0) is 0 Å². The molecule has 0 spiro atoms. The van der Waals surface area contributed by atoms with Crippen molar-refractivity contribution in [3.63, 3.8) is 0 Å². The van der Waals surface area contributed by atoms with Crippen LogP contribution in [0.3, 0.4) is 0 Å². The Morgan fingerprint density at radius 2 is 1.20 bits per heavy atom. The summed E-state index contributed by atoms with van der Waals surface area (Å²) in [6.07, 6.45) is 0. The Kier molecular flexibility index (Phi) is 15.9. The summed E-state index contributed by atoms with van der Waals surface area (Å²) in [4.78, 5) is 0. The van der Waals surface area contributed by atoms with Gasteiger partial charge in [-0.1, -0.05) is 0 Å². The Morgan fingerprint density at radius 1 is 1.10 bits per heavy atom. The predicted octanol–water partition coefficient (Wildman–Crippen LogP) is -1.75. The van der Waals surface area contributed by atoms with Crippen LogP contribution in [0.5, 0.6) is 0 Å². The normalized spacial score (nSPS) is 8.80. The first-order valence-corrected chi connectivity index (χ1v) is 3.41. The summed E-state index contributed by atoms with van der Waals surface area (Å²) in [5.74, 6) is 0. The molecule has 0 heterocycles. The van der Waals surface area contributed by atoms with E-state index < -0.39 is 10.4 Å². The first kappa shape index (κ1) is 16.8. The van der Waals surface area contributed by atoms with Crippen molar-refractivity contribution in [2.45, 2.75) is 0 Å². The fourth-order valence-electron chi connectivity index (χ4n) is 0. The van der Waals surface area contributed by atoms with E-state index in [9.17, 15) is 0 Å². The average molecular weight is 265 g/mol. The fraction of sp³-hybridized carbons (Fsp3) is 1.00. The number of hydrogen-bond donors (Lipinski definition) is 4. The third-order valence-electron chi connectivity index (χ3n) is 0.167. The molecule has 0 aromatic heterocycles. The molecule has 0 aliphatic rings. The van der Waals surface area contributed by atoms with Crippen molar-refractivity contribution in [2.24, 2.45) is 11.5 Å². The molecule has 0 saturated carbocycles. The van der Waals surface area contributed by atoms with Gasteiger partial charge in [-0.2, -0.15) is 8.42 Å². The first-order valence-electron chi connectivity index (χ1n) is 2.01. The van der Waals surface area contributed by atoms with Gasteiger partial charge >= 0.3 is 10.4 Å². The smallest absolute Gasteiger partial charge is 0.329 e. The van der Waals surface area contributed by atoms with Gasteiger partial charge in [-0.3, -0.25) is 9.11 Å². The van der Waals surface area contributed by atoms with E-state index in [0.29, 0.717) is 13.1 Å². The maximum atomic E-state index is 8.74. The molecule has 0 aliphatic carbocycles. The van der Waals surface area contributed by atoms with E-state index in [0.717, 1.165) is 0 Å². The molecule has 68 valence electrons. The van der Waals surface area contributed by atoms with Crippen LogP contribution in [0.15, 0.2) is 0 Å². The topological polar surface area (TPSA) is 127 Å². The number of rotatable bonds is 1. The standard InChI is InChI=1S/C2H8N2.H2O4S.Pd/c3-1-2-4;1-5(2,3)4;/h1-4H2;(H2,1,2,3,4);. The molecular formula is C2H10N2O4PdS. The van der Waals surface area contributed by atoms with Crippen molar-refractivity contribution in [3.8, 4) is 0 Å². The van der Waals surface area contributed by atoms with E-state index in [2.05, 4.69) is 0 Å². The summed E-state index contributed by atoms with van der Waals surface area (Å²) in [6.45, 7) is 1.19. The van der Waals surface area contributed by atoms with Gasteiger partial charge in [-0.15, -0.1) is 0 Å². The fourth-order valence-corrected chi connectivity index (χ4v) is 0. The monoisotopic (exact) mass is 264 g/mol. The van der Waals surface area contributed by atoms with Gasteiger partial charge in [0.05, 0.1) is 0 Å². The zero-order valence-electron chi connectivity index (χ0n) is 5.00. The summed E-state index contributed by atoms with van der Waals surface area (Å²) < 4.78 is 31.6. The van der Waals surface area contributed by atoms with Crippen LogP contribution < -0.4 is 11.5 Å². The third kappa shape index (κ3) is 223. The molecule has 0 aliphatic heterocycles. The third-order valence-corrected chi connectivity index (χ3v) is 0.167. The van der Waals surface area contributed by atoms with Gasteiger partial charge in [0.2, 0.25) is 0 Å². The molecule has 0 atom stereocenters. The zero-order chi connectivity index (χ0) is 7.91. The molecule has 0 rings (SSSR count). The molecular weight excluding hydrogens is 255 g/mol. The predicted molar refractivity (Wildman–Crippen MR) is 32.3 cm³/mol. The van der Waals surface area contributed by atoms with Crippen LogP contribution in [0.4, 0.5) is 0 Å². The van der Waals surface area contributed by atoms with Crippen LogP contribution in [0.1, 0.15) is 0 Å². The van der Waals surface area contributed by atoms with Gasteiger partial charge in [0, 0.05) is 33.5 Å². The average Bonchev–Trinajstić information content (AvgIpc) is 1.61. The quantitative estimate of drug-likeness (QED) is 0.329. The van der Waals surface area contributed by atoms with Crippen LogP contribution >= 0.6 is 0 Å². The molecule has 0 bridgehead atoms. The van der Waals surface area contributed by atoms with Gasteiger partial charge in [0.25, 0.3) is 0 Å². The molecule has 0 aromatic rings. The summed E-state index contributed by atoms with van der Waals surface area (Å²) >= 11 is 0. The minimum absolute atomic E-state index is 0. The second-order valence-corrected chi connectivity index (χ2v) is 1.92. The van der Waals surface area contributed by atoms with Crippen LogP contribution in [-0.4, -0.2) is 30.6 Å². The molecule has 0 saturated heterocycles. The van der Waals surface area contributed by atoms with E-state index >= 15 is 0 Å².